The number of nitrogens with one attached hydrogen (secondary N) is 1. The molecule has 0 aliphatic heterocycles. The lowest BCUT2D eigenvalue weighted by molar-refractivity contribution is -0.142. The van der Waals surface area contributed by atoms with E-state index in [4.69, 9.17) is 0 Å². The second-order valence-electron chi connectivity index (χ2n) is 4.26. The Hall–Kier alpha value is -1.89. The Morgan fingerprint density at radius 3 is 2.79 bits per heavy atom. The van der Waals surface area contributed by atoms with Crippen molar-refractivity contribution in [3.63, 3.8) is 0 Å². The van der Waals surface area contributed by atoms with E-state index >= 15 is 0 Å². The van der Waals surface area contributed by atoms with Crippen molar-refractivity contribution in [2.45, 2.75) is 19.9 Å². The number of amides is 1. The van der Waals surface area contributed by atoms with Gasteiger partial charge >= 0.3 is 5.97 Å². The normalized spacial score (nSPS) is 12.4. The molecule has 0 spiro atoms. The zero-order chi connectivity index (χ0) is 14.2. The Kier molecular flexibility index (Phi) is 3.57. The van der Waals surface area contributed by atoms with Crippen molar-refractivity contribution >= 4 is 33.4 Å². The molecule has 0 saturated carbocycles. The molecule has 0 fully saturated rings. The molecular weight excluding hydrogens is 266 g/mol. The number of nitrogens with zero attached hydrogens (tertiary/aromatic N) is 2. The summed E-state index contributed by atoms with van der Waals surface area (Å²) in [5.41, 5.74) is 0.883. The number of aromatic nitrogens is 2. The molecule has 102 valence electrons. The summed E-state index contributed by atoms with van der Waals surface area (Å²) in [6.45, 7) is 3.48. The standard InChI is InChI=1S/C12H15N3O3S/c1-6-8-5-9(19-11(8)15(3)14-6)10(16)13-7(2)12(17)18-4/h5,7H,1-4H3,(H,13,16). The molecule has 2 rings (SSSR count). The van der Waals surface area contributed by atoms with Crippen molar-refractivity contribution in [1.29, 1.82) is 0 Å². The molecule has 2 heterocycles. The van der Waals surface area contributed by atoms with E-state index in [-0.39, 0.29) is 5.91 Å². The summed E-state index contributed by atoms with van der Waals surface area (Å²) >= 11 is 1.35. The quantitative estimate of drug-likeness (QED) is 0.859. The SMILES string of the molecule is COC(=O)C(C)NC(=O)c1cc2c(C)nn(C)c2s1. The molecule has 2 aromatic heterocycles. The summed E-state index contributed by atoms with van der Waals surface area (Å²) < 4.78 is 6.31. The average Bonchev–Trinajstić information content (AvgIpc) is 2.91. The average molecular weight is 281 g/mol. The minimum Gasteiger partial charge on any atom is -0.467 e. The largest absolute Gasteiger partial charge is 0.467 e. The van der Waals surface area contributed by atoms with Crippen LogP contribution in [0.4, 0.5) is 0 Å². The van der Waals surface area contributed by atoms with Gasteiger partial charge in [-0.15, -0.1) is 11.3 Å². The maximum absolute atomic E-state index is 12.0. The van der Waals surface area contributed by atoms with Gasteiger partial charge in [-0.1, -0.05) is 0 Å². The highest BCUT2D eigenvalue weighted by Crippen LogP contribution is 2.27. The summed E-state index contributed by atoms with van der Waals surface area (Å²) in [5.74, 6) is -0.745. The lowest BCUT2D eigenvalue weighted by Crippen LogP contribution is -2.38. The fourth-order valence-electron chi connectivity index (χ4n) is 1.82. The third-order valence-corrected chi connectivity index (χ3v) is 4.02. The predicted octanol–water partition coefficient (Wildman–Crippen LogP) is 1.23. The summed E-state index contributed by atoms with van der Waals surface area (Å²) in [4.78, 5) is 24.8. The number of thiophene rings is 1. The number of carbonyl (C=O) groups excluding carboxylic acids is 2. The smallest absolute Gasteiger partial charge is 0.328 e. The summed E-state index contributed by atoms with van der Waals surface area (Å²) in [5, 5.41) is 7.84. The second kappa shape index (κ2) is 5.00. The Balaban J connectivity index is 2.22. The van der Waals surface area contributed by atoms with Crippen LogP contribution in [0, 0.1) is 6.92 Å². The van der Waals surface area contributed by atoms with Gasteiger partial charge in [-0.2, -0.15) is 5.10 Å². The number of rotatable bonds is 3. The maximum atomic E-state index is 12.0. The highest BCUT2D eigenvalue weighted by molar-refractivity contribution is 7.20. The zero-order valence-electron chi connectivity index (χ0n) is 11.2. The van der Waals surface area contributed by atoms with Gasteiger partial charge in [0.05, 0.1) is 17.7 Å². The van der Waals surface area contributed by atoms with Crippen LogP contribution in [0.3, 0.4) is 0 Å². The van der Waals surface area contributed by atoms with Crippen LogP contribution in [0.5, 0.6) is 0 Å². The number of methoxy groups -OCH3 is 1. The van der Waals surface area contributed by atoms with Crippen LogP contribution >= 0.6 is 11.3 Å². The Morgan fingerprint density at radius 2 is 2.21 bits per heavy atom. The van der Waals surface area contributed by atoms with Gasteiger partial charge in [0.2, 0.25) is 0 Å². The van der Waals surface area contributed by atoms with E-state index in [1.165, 1.54) is 18.4 Å². The molecule has 1 amide bonds. The molecule has 1 atom stereocenters. The fourth-order valence-corrected chi connectivity index (χ4v) is 2.85. The fraction of sp³-hybridized carbons (Fsp3) is 0.417. The molecule has 0 aliphatic carbocycles. The van der Waals surface area contributed by atoms with Gasteiger partial charge < -0.3 is 10.1 Å². The topological polar surface area (TPSA) is 73.2 Å². The molecule has 0 radical (unpaired) electrons. The van der Waals surface area contributed by atoms with Crippen molar-refractivity contribution in [3.8, 4) is 0 Å². The Bertz CT molecular complexity index is 609. The van der Waals surface area contributed by atoms with E-state index in [1.807, 2.05) is 14.0 Å². The second-order valence-corrected chi connectivity index (χ2v) is 5.29. The first-order chi connectivity index (χ1) is 8.93. The van der Waals surface area contributed by atoms with Crippen LogP contribution in [-0.2, 0) is 16.6 Å². The van der Waals surface area contributed by atoms with Gasteiger partial charge in [0.25, 0.3) is 5.91 Å². The summed E-state index contributed by atoms with van der Waals surface area (Å²) in [6.07, 6.45) is 0. The van der Waals surface area contributed by atoms with E-state index in [2.05, 4.69) is 15.2 Å². The molecule has 19 heavy (non-hydrogen) atoms. The molecule has 0 bridgehead atoms. The highest BCUT2D eigenvalue weighted by atomic mass is 32.1. The zero-order valence-corrected chi connectivity index (χ0v) is 12.0. The number of ether oxygens (including phenoxy) is 1. The summed E-state index contributed by atoms with van der Waals surface area (Å²) in [7, 11) is 3.13. The van der Waals surface area contributed by atoms with E-state index in [9.17, 15) is 9.59 Å². The molecule has 1 N–H and O–H groups in total. The lowest BCUT2D eigenvalue weighted by Gasteiger charge is -2.10. The molecule has 1 unspecified atom stereocenters. The van der Waals surface area contributed by atoms with Gasteiger partial charge in [0.15, 0.2) is 0 Å². The van der Waals surface area contributed by atoms with Gasteiger partial charge in [-0.05, 0) is 19.9 Å². The van der Waals surface area contributed by atoms with Crippen LogP contribution in [-0.4, -0.2) is 34.8 Å². The molecule has 0 aromatic carbocycles. The summed E-state index contributed by atoms with van der Waals surface area (Å²) in [6, 6.07) is 1.13. The molecule has 0 aliphatic rings. The third-order valence-electron chi connectivity index (χ3n) is 2.82. The van der Waals surface area contributed by atoms with Crippen molar-refractivity contribution in [3.05, 3.63) is 16.6 Å². The van der Waals surface area contributed by atoms with E-state index < -0.39 is 12.0 Å². The van der Waals surface area contributed by atoms with Crippen LogP contribution in [0.2, 0.25) is 0 Å². The monoisotopic (exact) mass is 281 g/mol. The number of fused-ring (bicyclic) bond motifs is 1. The Morgan fingerprint density at radius 1 is 1.53 bits per heavy atom. The van der Waals surface area contributed by atoms with Crippen molar-refractivity contribution < 1.29 is 14.3 Å². The third kappa shape index (κ3) is 2.46. The van der Waals surface area contributed by atoms with Crippen LogP contribution in [0.25, 0.3) is 10.2 Å². The van der Waals surface area contributed by atoms with Gasteiger partial charge in [-0.3, -0.25) is 9.48 Å². The Labute approximate surface area is 114 Å². The predicted molar refractivity (Wildman–Crippen MR) is 72.3 cm³/mol. The minimum atomic E-state index is -0.665. The highest BCUT2D eigenvalue weighted by Gasteiger charge is 2.20. The minimum absolute atomic E-state index is 0.279. The molecular formula is C12H15N3O3S. The van der Waals surface area contributed by atoms with Gasteiger partial charge in [-0.25, -0.2) is 4.79 Å². The van der Waals surface area contributed by atoms with E-state index in [1.54, 1.807) is 17.7 Å². The van der Waals surface area contributed by atoms with Crippen molar-refractivity contribution in [2.24, 2.45) is 7.05 Å². The van der Waals surface area contributed by atoms with Gasteiger partial charge in [0, 0.05) is 12.4 Å². The van der Waals surface area contributed by atoms with E-state index in [0.29, 0.717) is 4.88 Å². The molecule has 0 saturated heterocycles. The molecule has 2 aromatic rings. The first kappa shape index (κ1) is 13.5. The maximum Gasteiger partial charge on any atom is 0.328 e. The van der Waals surface area contributed by atoms with E-state index in [0.717, 1.165) is 15.9 Å². The first-order valence-corrected chi connectivity index (χ1v) is 6.57. The molecule has 6 nitrogen and oxygen atoms in total. The first-order valence-electron chi connectivity index (χ1n) is 5.76. The van der Waals surface area contributed by atoms with Crippen molar-refractivity contribution in [2.75, 3.05) is 7.11 Å². The lowest BCUT2D eigenvalue weighted by atomic mass is 10.3. The number of aryl methyl sites for hydroxylation is 2. The van der Waals surface area contributed by atoms with Gasteiger partial charge in [0.1, 0.15) is 10.9 Å². The number of esters is 1. The molecule has 7 heteroatoms. The number of carbonyl (C=O) groups is 2. The van der Waals surface area contributed by atoms with Crippen LogP contribution in [0.1, 0.15) is 22.3 Å². The van der Waals surface area contributed by atoms with Crippen molar-refractivity contribution in [1.82, 2.24) is 15.1 Å². The number of hydrogen-bond donors (Lipinski definition) is 1. The van der Waals surface area contributed by atoms with Crippen LogP contribution in [0.15, 0.2) is 6.07 Å². The number of hydrogen-bond acceptors (Lipinski definition) is 5. The van der Waals surface area contributed by atoms with Crippen LogP contribution < -0.4 is 5.32 Å².